The maximum Gasteiger partial charge on any atom is 0.191 e. The number of nitrogens with one attached hydrogen (secondary N) is 3. The number of imidazole rings is 1. The number of nitrogens with zero attached hydrogens (tertiary/aromatic N) is 3. The van der Waals surface area contributed by atoms with Gasteiger partial charge in [-0.25, -0.2) is 23.7 Å². The quantitative estimate of drug-likeness (QED) is 0.584. The van der Waals surface area contributed by atoms with Crippen LogP contribution in [0.25, 0.3) is 11.2 Å². The van der Waals surface area contributed by atoms with Crippen LogP contribution in [0.1, 0.15) is 12.2 Å². The minimum atomic E-state index is -0.769. The standard InChI is InChI=1S/C19H18F2N6O/c20-13-3-1-4-14(21)17(13)28-8-2-5-15-26-16-18(24-11-25-19(16)27-15)23-10-12-6-7-22-9-12/h1,3-4,11-12,22H,6-10H2,(H2,23,24,25,26,27). The minimum Gasteiger partial charge on any atom is -0.475 e. The van der Waals surface area contributed by atoms with E-state index in [9.17, 15) is 8.78 Å². The van der Waals surface area contributed by atoms with E-state index >= 15 is 0 Å². The summed E-state index contributed by atoms with van der Waals surface area (Å²) in [4.78, 5) is 15.8. The maximum absolute atomic E-state index is 13.5. The Labute approximate surface area is 159 Å². The second kappa shape index (κ2) is 8.19. The van der Waals surface area contributed by atoms with Crippen molar-refractivity contribution in [3.05, 3.63) is 42.0 Å². The smallest absolute Gasteiger partial charge is 0.191 e. The van der Waals surface area contributed by atoms with Crippen molar-refractivity contribution in [3.63, 3.8) is 0 Å². The molecule has 4 rings (SSSR count). The van der Waals surface area contributed by atoms with Gasteiger partial charge in [-0.15, -0.1) is 0 Å². The van der Waals surface area contributed by atoms with Crippen LogP contribution in [0.2, 0.25) is 0 Å². The fourth-order valence-corrected chi connectivity index (χ4v) is 3.00. The Hall–Kier alpha value is -3.25. The van der Waals surface area contributed by atoms with Gasteiger partial charge in [0.15, 0.2) is 34.7 Å². The zero-order valence-electron chi connectivity index (χ0n) is 14.9. The molecule has 0 aliphatic carbocycles. The van der Waals surface area contributed by atoms with Crippen LogP contribution in [0.3, 0.4) is 0 Å². The highest BCUT2D eigenvalue weighted by Gasteiger charge is 2.15. The van der Waals surface area contributed by atoms with Gasteiger partial charge in [-0.3, -0.25) is 0 Å². The summed E-state index contributed by atoms with van der Waals surface area (Å²) in [7, 11) is 0. The highest BCUT2D eigenvalue weighted by atomic mass is 19.1. The molecule has 1 aromatic carbocycles. The largest absolute Gasteiger partial charge is 0.475 e. The lowest BCUT2D eigenvalue weighted by molar-refractivity contribution is 0.326. The molecule has 0 radical (unpaired) electrons. The molecule has 3 N–H and O–H groups in total. The van der Waals surface area contributed by atoms with Crippen molar-refractivity contribution in [2.24, 2.45) is 5.92 Å². The molecule has 1 aliphatic rings. The molecule has 1 fully saturated rings. The monoisotopic (exact) mass is 384 g/mol. The van der Waals surface area contributed by atoms with Crippen LogP contribution < -0.4 is 15.4 Å². The lowest BCUT2D eigenvalue weighted by Gasteiger charge is -2.10. The second-order valence-corrected chi connectivity index (χ2v) is 6.39. The van der Waals surface area contributed by atoms with Gasteiger partial charge in [0.1, 0.15) is 18.5 Å². The van der Waals surface area contributed by atoms with Gasteiger partial charge in [0.25, 0.3) is 0 Å². The van der Waals surface area contributed by atoms with Crippen LogP contribution in [0.5, 0.6) is 5.75 Å². The van der Waals surface area contributed by atoms with Crippen molar-refractivity contribution < 1.29 is 13.5 Å². The van der Waals surface area contributed by atoms with E-state index in [0.29, 0.717) is 28.7 Å². The maximum atomic E-state index is 13.5. The van der Waals surface area contributed by atoms with Crippen molar-refractivity contribution in [1.29, 1.82) is 0 Å². The summed E-state index contributed by atoms with van der Waals surface area (Å²) < 4.78 is 32.1. The molecule has 7 nitrogen and oxygen atoms in total. The van der Waals surface area contributed by atoms with Gasteiger partial charge in [0.2, 0.25) is 0 Å². The van der Waals surface area contributed by atoms with Crippen LogP contribution in [0.4, 0.5) is 14.6 Å². The normalized spacial score (nSPS) is 16.0. The SMILES string of the molecule is Fc1cccc(F)c1OCC#Cc1nc2ncnc(NCC3CCNC3)c2[nH]1. The van der Waals surface area contributed by atoms with E-state index in [0.717, 1.165) is 38.2 Å². The van der Waals surface area contributed by atoms with E-state index in [1.807, 2.05) is 0 Å². The molecule has 9 heteroatoms. The van der Waals surface area contributed by atoms with Crippen LogP contribution >= 0.6 is 0 Å². The summed E-state index contributed by atoms with van der Waals surface area (Å²) in [5.74, 6) is 5.08. The van der Waals surface area contributed by atoms with E-state index in [1.54, 1.807) is 0 Å². The molecule has 3 heterocycles. The van der Waals surface area contributed by atoms with Gasteiger partial charge >= 0.3 is 0 Å². The first-order valence-corrected chi connectivity index (χ1v) is 8.91. The molecule has 1 saturated heterocycles. The number of halogens is 2. The summed E-state index contributed by atoms with van der Waals surface area (Å²) in [6.07, 6.45) is 2.57. The number of rotatable bonds is 5. The summed E-state index contributed by atoms with van der Waals surface area (Å²) in [6, 6.07) is 3.52. The molecule has 0 amide bonds. The van der Waals surface area contributed by atoms with Gasteiger partial charge < -0.3 is 20.4 Å². The number of hydrogen-bond donors (Lipinski definition) is 3. The number of ether oxygens (including phenoxy) is 1. The van der Waals surface area contributed by atoms with Crippen LogP contribution in [-0.2, 0) is 0 Å². The Kier molecular flexibility index (Phi) is 5.30. The fraction of sp³-hybridized carbons (Fsp3) is 0.316. The van der Waals surface area contributed by atoms with E-state index in [1.165, 1.54) is 12.4 Å². The Balaban J connectivity index is 1.43. The average molecular weight is 384 g/mol. The number of benzene rings is 1. The zero-order valence-corrected chi connectivity index (χ0v) is 14.9. The third-order valence-corrected chi connectivity index (χ3v) is 4.42. The molecule has 1 aliphatic heterocycles. The summed E-state index contributed by atoms with van der Waals surface area (Å²) in [5, 5.41) is 6.65. The number of H-pyrrole nitrogens is 1. The third-order valence-electron chi connectivity index (χ3n) is 4.42. The van der Waals surface area contributed by atoms with Crippen molar-refractivity contribution in [2.45, 2.75) is 6.42 Å². The Bertz CT molecular complexity index is 1020. The number of aromatic nitrogens is 4. The lowest BCUT2D eigenvalue weighted by atomic mass is 10.1. The highest BCUT2D eigenvalue weighted by molar-refractivity contribution is 5.83. The molecule has 0 saturated carbocycles. The Morgan fingerprint density at radius 1 is 1.25 bits per heavy atom. The molecule has 1 atom stereocenters. The van der Waals surface area contributed by atoms with E-state index in [-0.39, 0.29) is 6.61 Å². The Morgan fingerprint density at radius 3 is 2.89 bits per heavy atom. The molecular formula is C19H18F2N6O. The predicted molar refractivity (Wildman–Crippen MR) is 99.9 cm³/mol. The summed E-state index contributed by atoms with van der Waals surface area (Å²) in [5.41, 5.74) is 1.16. The van der Waals surface area contributed by atoms with E-state index < -0.39 is 17.4 Å². The highest BCUT2D eigenvalue weighted by Crippen LogP contribution is 2.20. The molecule has 28 heavy (non-hydrogen) atoms. The molecule has 144 valence electrons. The average Bonchev–Trinajstić information content (AvgIpc) is 3.35. The minimum absolute atomic E-state index is 0.180. The van der Waals surface area contributed by atoms with Gasteiger partial charge in [0.05, 0.1) is 0 Å². The molecule has 3 aromatic rings. The number of para-hydroxylation sites is 1. The van der Waals surface area contributed by atoms with Crippen LogP contribution in [0, 0.1) is 29.4 Å². The lowest BCUT2D eigenvalue weighted by Crippen LogP contribution is -2.17. The fourth-order valence-electron chi connectivity index (χ4n) is 3.00. The van der Waals surface area contributed by atoms with E-state index in [4.69, 9.17) is 4.74 Å². The summed E-state index contributed by atoms with van der Waals surface area (Å²) >= 11 is 0. The molecule has 0 spiro atoms. The van der Waals surface area contributed by atoms with E-state index in [2.05, 4.69) is 42.4 Å². The first-order valence-electron chi connectivity index (χ1n) is 8.91. The Morgan fingerprint density at radius 2 is 2.11 bits per heavy atom. The number of anilines is 1. The third kappa shape index (κ3) is 4.02. The summed E-state index contributed by atoms with van der Waals surface area (Å²) in [6.45, 7) is 2.65. The molecular weight excluding hydrogens is 366 g/mol. The number of aromatic amines is 1. The first-order chi connectivity index (χ1) is 13.7. The second-order valence-electron chi connectivity index (χ2n) is 6.39. The van der Waals surface area contributed by atoms with Gasteiger partial charge in [0, 0.05) is 6.54 Å². The van der Waals surface area contributed by atoms with Gasteiger partial charge in [-0.05, 0) is 43.5 Å². The number of hydrogen-bond acceptors (Lipinski definition) is 6. The molecule has 2 aromatic heterocycles. The first kappa shape index (κ1) is 18.1. The van der Waals surface area contributed by atoms with Crippen molar-refractivity contribution in [3.8, 4) is 17.6 Å². The molecule has 0 bridgehead atoms. The van der Waals surface area contributed by atoms with Crippen molar-refractivity contribution in [1.82, 2.24) is 25.3 Å². The van der Waals surface area contributed by atoms with Crippen molar-refractivity contribution >= 4 is 17.0 Å². The van der Waals surface area contributed by atoms with Crippen LogP contribution in [-0.4, -0.2) is 46.2 Å². The van der Waals surface area contributed by atoms with Gasteiger partial charge in [-0.2, -0.15) is 0 Å². The zero-order chi connectivity index (χ0) is 19.3. The van der Waals surface area contributed by atoms with Gasteiger partial charge in [-0.1, -0.05) is 12.0 Å². The topological polar surface area (TPSA) is 87.8 Å². The van der Waals surface area contributed by atoms with Crippen LogP contribution in [0.15, 0.2) is 24.5 Å². The van der Waals surface area contributed by atoms with Crippen molar-refractivity contribution in [2.75, 3.05) is 31.6 Å². The number of fused-ring (bicyclic) bond motifs is 1. The molecule has 1 unspecified atom stereocenters. The predicted octanol–water partition coefficient (Wildman–Crippen LogP) is 2.08.